The van der Waals surface area contributed by atoms with E-state index in [4.69, 9.17) is 4.74 Å². The van der Waals surface area contributed by atoms with E-state index in [1.54, 1.807) is 24.9 Å². The van der Waals surface area contributed by atoms with Crippen molar-refractivity contribution >= 4 is 5.91 Å². The molecule has 19 heavy (non-hydrogen) atoms. The molecule has 1 heterocycles. The number of rotatable bonds is 3. The van der Waals surface area contributed by atoms with Gasteiger partial charge in [-0.3, -0.25) is 4.79 Å². The Kier molecular flexibility index (Phi) is 4.50. The number of halogens is 1. The first-order valence-corrected chi connectivity index (χ1v) is 6.42. The van der Waals surface area contributed by atoms with Crippen LogP contribution in [0.5, 0.6) is 0 Å². The molecule has 0 radical (unpaired) electrons. The molecule has 1 aliphatic rings. The van der Waals surface area contributed by atoms with Crippen LogP contribution < -0.4 is 5.32 Å². The molecule has 1 amide bonds. The number of aryl methyl sites for hydroxylation is 1. The minimum atomic E-state index is -0.293. The highest BCUT2D eigenvalue weighted by atomic mass is 19.1. The summed E-state index contributed by atoms with van der Waals surface area (Å²) in [6, 6.07) is 4.42. The Labute approximate surface area is 112 Å². The van der Waals surface area contributed by atoms with E-state index < -0.39 is 0 Å². The average molecular weight is 266 g/mol. The van der Waals surface area contributed by atoms with Gasteiger partial charge in [0.15, 0.2) is 0 Å². The molecule has 1 aromatic carbocycles. The summed E-state index contributed by atoms with van der Waals surface area (Å²) in [5, 5.41) is 3.22. The van der Waals surface area contributed by atoms with Crippen LogP contribution in [0.4, 0.5) is 4.39 Å². The highest BCUT2D eigenvalue weighted by Crippen LogP contribution is 2.11. The first kappa shape index (κ1) is 14.0. The molecule has 1 fully saturated rings. The lowest BCUT2D eigenvalue weighted by Gasteiger charge is -2.28. The van der Waals surface area contributed by atoms with Gasteiger partial charge in [0.25, 0.3) is 5.91 Å². The summed E-state index contributed by atoms with van der Waals surface area (Å²) in [7, 11) is 1.74. The van der Waals surface area contributed by atoms with Crippen LogP contribution in [0.3, 0.4) is 0 Å². The number of hydrogen-bond acceptors (Lipinski definition) is 3. The van der Waals surface area contributed by atoms with Crippen LogP contribution in [0.1, 0.15) is 15.9 Å². The molecule has 1 aromatic rings. The van der Waals surface area contributed by atoms with E-state index in [2.05, 4.69) is 5.32 Å². The van der Waals surface area contributed by atoms with Gasteiger partial charge < -0.3 is 15.0 Å². The van der Waals surface area contributed by atoms with E-state index in [9.17, 15) is 9.18 Å². The van der Waals surface area contributed by atoms with Crippen molar-refractivity contribution in [3.8, 4) is 0 Å². The van der Waals surface area contributed by atoms with Gasteiger partial charge in [-0.05, 0) is 30.7 Å². The van der Waals surface area contributed by atoms with Gasteiger partial charge >= 0.3 is 0 Å². The lowest BCUT2D eigenvalue weighted by Crippen LogP contribution is -2.45. The van der Waals surface area contributed by atoms with Gasteiger partial charge in [-0.25, -0.2) is 4.39 Å². The molecular weight excluding hydrogens is 247 g/mol. The molecule has 1 aliphatic heterocycles. The quantitative estimate of drug-likeness (QED) is 0.893. The number of ether oxygens (including phenoxy) is 1. The third kappa shape index (κ3) is 3.52. The zero-order valence-electron chi connectivity index (χ0n) is 11.3. The molecule has 1 N–H and O–H groups in total. The molecule has 0 saturated carbocycles. The fraction of sp³-hybridized carbons (Fsp3) is 0.500. The van der Waals surface area contributed by atoms with Gasteiger partial charge in [-0.2, -0.15) is 0 Å². The number of carbonyl (C=O) groups excluding carboxylic acids is 1. The van der Waals surface area contributed by atoms with Gasteiger partial charge in [0.2, 0.25) is 0 Å². The fourth-order valence-corrected chi connectivity index (χ4v) is 2.12. The zero-order chi connectivity index (χ0) is 13.8. The molecular formula is C14H19FN2O2. The first-order chi connectivity index (χ1) is 9.08. The molecule has 0 bridgehead atoms. The van der Waals surface area contributed by atoms with Crippen molar-refractivity contribution in [2.24, 2.45) is 0 Å². The Morgan fingerprint density at radius 3 is 3.00 bits per heavy atom. The largest absolute Gasteiger partial charge is 0.374 e. The predicted molar refractivity (Wildman–Crippen MR) is 70.7 cm³/mol. The van der Waals surface area contributed by atoms with E-state index in [0.717, 1.165) is 13.1 Å². The van der Waals surface area contributed by atoms with Gasteiger partial charge in [0.05, 0.1) is 12.7 Å². The molecule has 2 rings (SSSR count). The van der Waals surface area contributed by atoms with Crippen LogP contribution in [0, 0.1) is 12.7 Å². The summed E-state index contributed by atoms with van der Waals surface area (Å²) in [5.41, 5.74) is 0.986. The van der Waals surface area contributed by atoms with Crippen molar-refractivity contribution in [1.82, 2.24) is 10.2 Å². The van der Waals surface area contributed by atoms with E-state index in [1.165, 1.54) is 12.1 Å². The second kappa shape index (κ2) is 6.12. The fourth-order valence-electron chi connectivity index (χ4n) is 2.12. The number of amides is 1. The molecule has 0 spiro atoms. The highest BCUT2D eigenvalue weighted by Gasteiger charge is 2.19. The minimum absolute atomic E-state index is 0.0178. The Morgan fingerprint density at radius 2 is 2.37 bits per heavy atom. The third-order valence-electron chi connectivity index (χ3n) is 3.23. The van der Waals surface area contributed by atoms with Crippen LogP contribution in [-0.4, -0.2) is 50.2 Å². The van der Waals surface area contributed by atoms with Crippen molar-refractivity contribution in [3.05, 3.63) is 35.1 Å². The Morgan fingerprint density at radius 1 is 1.58 bits per heavy atom. The van der Waals surface area contributed by atoms with Crippen molar-refractivity contribution in [3.63, 3.8) is 0 Å². The van der Waals surface area contributed by atoms with Gasteiger partial charge in [0.1, 0.15) is 5.82 Å². The van der Waals surface area contributed by atoms with Crippen molar-refractivity contribution in [2.45, 2.75) is 13.0 Å². The number of likely N-dealkylation sites (N-methyl/N-ethyl adjacent to an activating group) is 1. The van der Waals surface area contributed by atoms with Crippen LogP contribution in [-0.2, 0) is 4.74 Å². The summed E-state index contributed by atoms with van der Waals surface area (Å²) in [5.74, 6) is -0.406. The highest BCUT2D eigenvalue weighted by molar-refractivity contribution is 5.94. The minimum Gasteiger partial charge on any atom is -0.374 e. The maximum absolute atomic E-state index is 13.2. The van der Waals surface area contributed by atoms with Crippen LogP contribution in [0.25, 0.3) is 0 Å². The number of morpholine rings is 1. The third-order valence-corrected chi connectivity index (χ3v) is 3.23. The molecule has 0 aromatic heterocycles. The lowest BCUT2D eigenvalue weighted by molar-refractivity contribution is 0.0104. The first-order valence-electron chi connectivity index (χ1n) is 6.42. The van der Waals surface area contributed by atoms with Crippen molar-refractivity contribution in [2.75, 3.05) is 33.3 Å². The average Bonchev–Trinajstić information content (AvgIpc) is 2.42. The summed E-state index contributed by atoms with van der Waals surface area (Å²) in [6.07, 6.45) is 0.0178. The van der Waals surface area contributed by atoms with E-state index in [-0.39, 0.29) is 17.8 Å². The Hall–Kier alpha value is -1.46. The summed E-state index contributed by atoms with van der Waals surface area (Å²) in [4.78, 5) is 13.8. The number of carbonyl (C=O) groups is 1. The molecule has 1 unspecified atom stereocenters. The monoisotopic (exact) mass is 266 g/mol. The van der Waals surface area contributed by atoms with Crippen molar-refractivity contribution in [1.29, 1.82) is 0 Å². The van der Waals surface area contributed by atoms with Crippen LogP contribution in [0.2, 0.25) is 0 Å². The van der Waals surface area contributed by atoms with Crippen LogP contribution >= 0.6 is 0 Å². The predicted octanol–water partition coefficient (Wildman–Crippen LogP) is 1.19. The smallest absolute Gasteiger partial charge is 0.253 e. The maximum atomic E-state index is 13.2. The molecule has 104 valence electrons. The van der Waals surface area contributed by atoms with E-state index in [1.807, 2.05) is 0 Å². The Balaban J connectivity index is 1.99. The molecule has 0 aliphatic carbocycles. The lowest BCUT2D eigenvalue weighted by atomic mass is 10.1. The second-order valence-corrected chi connectivity index (χ2v) is 4.85. The Bertz CT molecular complexity index is 459. The standard InChI is InChI=1S/C14H19FN2O2/c1-10-7-11(3-4-13(10)15)14(18)17(2)9-12-8-16-5-6-19-12/h3-4,7,12,16H,5-6,8-9H2,1-2H3. The van der Waals surface area contributed by atoms with Gasteiger partial charge in [-0.1, -0.05) is 0 Å². The van der Waals surface area contributed by atoms with Crippen molar-refractivity contribution < 1.29 is 13.9 Å². The number of nitrogens with zero attached hydrogens (tertiary/aromatic N) is 1. The normalized spacial score (nSPS) is 19.2. The molecule has 1 saturated heterocycles. The van der Waals surface area contributed by atoms with Gasteiger partial charge in [-0.15, -0.1) is 0 Å². The van der Waals surface area contributed by atoms with E-state index in [0.29, 0.717) is 24.3 Å². The SMILES string of the molecule is Cc1cc(C(=O)N(C)CC2CNCCO2)ccc1F. The number of benzene rings is 1. The summed E-state index contributed by atoms with van der Waals surface area (Å²) in [6.45, 7) is 4.45. The number of nitrogens with one attached hydrogen (secondary N) is 1. The molecule has 4 nitrogen and oxygen atoms in total. The maximum Gasteiger partial charge on any atom is 0.253 e. The second-order valence-electron chi connectivity index (χ2n) is 4.85. The van der Waals surface area contributed by atoms with Crippen LogP contribution in [0.15, 0.2) is 18.2 Å². The molecule has 5 heteroatoms. The zero-order valence-corrected chi connectivity index (χ0v) is 11.3. The number of hydrogen-bond donors (Lipinski definition) is 1. The van der Waals surface area contributed by atoms with E-state index >= 15 is 0 Å². The van der Waals surface area contributed by atoms with Gasteiger partial charge in [0, 0.05) is 32.2 Å². The summed E-state index contributed by atoms with van der Waals surface area (Å²) >= 11 is 0. The molecule has 1 atom stereocenters. The topological polar surface area (TPSA) is 41.6 Å². The summed E-state index contributed by atoms with van der Waals surface area (Å²) < 4.78 is 18.7.